The molecule has 0 amide bonds. The number of hydrogen-bond acceptors (Lipinski definition) is 4. The first kappa shape index (κ1) is 11.0. The molecule has 3 aromatic heterocycles. The predicted octanol–water partition coefficient (Wildman–Crippen LogP) is 2.22. The van der Waals surface area contributed by atoms with Crippen LogP contribution >= 0.6 is 11.6 Å². The van der Waals surface area contributed by atoms with Crippen molar-refractivity contribution in [1.29, 1.82) is 0 Å². The van der Waals surface area contributed by atoms with Gasteiger partial charge in [-0.1, -0.05) is 0 Å². The minimum absolute atomic E-state index is 0.00214. The fourth-order valence-corrected chi connectivity index (χ4v) is 1.85. The second-order valence-electron chi connectivity index (χ2n) is 3.74. The van der Waals surface area contributed by atoms with Gasteiger partial charge in [-0.05, 0) is 17.7 Å². The topological polar surface area (TPSA) is 56.5 Å². The van der Waals surface area contributed by atoms with Gasteiger partial charge in [0.15, 0.2) is 11.5 Å². The maximum Gasteiger partial charge on any atom is 0.223 e. The van der Waals surface area contributed by atoms with Gasteiger partial charge in [-0.15, -0.1) is 0 Å². The van der Waals surface area contributed by atoms with E-state index < -0.39 is 5.82 Å². The Bertz CT molecular complexity index is 739. The lowest BCUT2D eigenvalue weighted by molar-refractivity contribution is 0.618. The molecule has 3 heterocycles. The molecule has 0 aliphatic rings. The molecule has 3 aromatic rings. The standard InChI is InChI=1S/C11H7ClFN5/c1-18-10-7(4-16-18)2-6(3-14-10)9-8(13)5-15-11(12)17-9/h2-5H,1H3. The number of hydrogen-bond donors (Lipinski definition) is 0. The van der Waals surface area contributed by atoms with Gasteiger partial charge in [0.1, 0.15) is 5.69 Å². The van der Waals surface area contributed by atoms with E-state index in [1.807, 2.05) is 0 Å². The second kappa shape index (κ2) is 3.99. The quantitative estimate of drug-likeness (QED) is 0.632. The lowest BCUT2D eigenvalue weighted by atomic mass is 10.2. The molecule has 0 unspecified atom stereocenters. The van der Waals surface area contributed by atoms with Crippen LogP contribution in [0.4, 0.5) is 4.39 Å². The zero-order valence-corrected chi connectivity index (χ0v) is 10.1. The number of aryl methyl sites for hydroxylation is 1. The molecule has 7 heteroatoms. The molecule has 18 heavy (non-hydrogen) atoms. The first-order chi connectivity index (χ1) is 8.65. The molecule has 90 valence electrons. The highest BCUT2D eigenvalue weighted by Gasteiger charge is 2.11. The Hall–Kier alpha value is -2.08. The van der Waals surface area contributed by atoms with Crippen LogP contribution in [0.1, 0.15) is 0 Å². The third-order valence-corrected chi connectivity index (χ3v) is 2.74. The van der Waals surface area contributed by atoms with Crippen molar-refractivity contribution >= 4 is 22.6 Å². The zero-order chi connectivity index (χ0) is 12.7. The van der Waals surface area contributed by atoms with Crippen LogP contribution in [0.2, 0.25) is 5.28 Å². The van der Waals surface area contributed by atoms with Gasteiger partial charge >= 0.3 is 0 Å². The van der Waals surface area contributed by atoms with E-state index in [-0.39, 0.29) is 11.0 Å². The van der Waals surface area contributed by atoms with Gasteiger partial charge in [-0.3, -0.25) is 4.68 Å². The summed E-state index contributed by atoms with van der Waals surface area (Å²) < 4.78 is 15.3. The van der Waals surface area contributed by atoms with Crippen LogP contribution in [-0.2, 0) is 7.05 Å². The van der Waals surface area contributed by atoms with Crippen molar-refractivity contribution in [2.45, 2.75) is 0 Å². The van der Waals surface area contributed by atoms with Gasteiger partial charge < -0.3 is 0 Å². The summed E-state index contributed by atoms with van der Waals surface area (Å²) in [5.74, 6) is -0.538. The summed E-state index contributed by atoms with van der Waals surface area (Å²) in [6, 6.07) is 1.76. The van der Waals surface area contributed by atoms with Crippen molar-refractivity contribution < 1.29 is 4.39 Å². The van der Waals surface area contributed by atoms with Gasteiger partial charge in [-0.25, -0.2) is 19.3 Å². The maximum absolute atomic E-state index is 13.6. The average molecular weight is 264 g/mol. The van der Waals surface area contributed by atoms with Crippen LogP contribution in [-0.4, -0.2) is 24.7 Å². The van der Waals surface area contributed by atoms with E-state index in [1.54, 1.807) is 24.0 Å². The molecular formula is C11H7ClFN5. The Balaban J connectivity index is 2.22. The van der Waals surface area contributed by atoms with Crippen molar-refractivity contribution in [3.8, 4) is 11.3 Å². The lowest BCUT2D eigenvalue weighted by Crippen LogP contribution is -1.95. The predicted molar refractivity (Wildman–Crippen MR) is 64.5 cm³/mol. The third kappa shape index (κ3) is 1.70. The van der Waals surface area contributed by atoms with Crippen molar-refractivity contribution in [3.63, 3.8) is 0 Å². The summed E-state index contributed by atoms with van der Waals surface area (Å²) in [4.78, 5) is 11.7. The first-order valence-electron chi connectivity index (χ1n) is 5.11. The third-order valence-electron chi connectivity index (χ3n) is 2.56. The second-order valence-corrected chi connectivity index (χ2v) is 4.08. The summed E-state index contributed by atoms with van der Waals surface area (Å²) in [6.07, 6.45) is 4.23. The Morgan fingerprint density at radius 1 is 1.22 bits per heavy atom. The number of halogens is 2. The van der Waals surface area contributed by atoms with Gasteiger partial charge in [0, 0.05) is 24.2 Å². The monoisotopic (exact) mass is 263 g/mol. The van der Waals surface area contributed by atoms with Crippen molar-refractivity contribution in [1.82, 2.24) is 24.7 Å². The Morgan fingerprint density at radius 3 is 2.89 bits per heavy atom. The fourth-order valence-electron chi connectivity index (χ4n) is 1.72. The Labute approximate surface area is 106 Å². The fraction of sp³-hybridized carbons (Fsp3) is 0.0909. The number of rotatable bonds is 1. The number of nitrogens with zero attached hydrogens (tertiary/aromatic N) is 5. The van der Waals surface area contributed by atoms with Gasteiger partial charge in [0.2, 0.25) is 5.28 Å². The van der Waals surface area contributed by atoms with Crippen LogP contribution < -0.4 is 0 Å². The highest BCUT2D eigenvalue weighted by atomic mass is 35.5. The normalized spacial score (nSPS) is 11.1. The van der Waals surface area contributed by atoms with Crippen molar-refractivity contribution in [3.05, 3.63) is 35.8 Å². The van der Waals surface area contributed by atoms with E-state index in [0.717, 1.165) is 17.2 Å². The molecule has 0 spiro atoms. The van der Waals surface area contributed by atoms with E-state index in [1.165, 1.54) is 6.20 Å². The highest BCUT2D eigenvalue weighted by molar-refractivity contribution is 6.28. The number of fused-ring (bicyclic) bond motifs is 1. The molecule has 0 aromatic carbocycles. The van der Waals surface area contributed by atoms with Gasteiger partial charge in [0.25, 0.3) is 0 Å². The molecule has 0 radical (unpaired) electrons. The molecule has 0 bridgehead atoms. The van der Waals surface area contributed by atoms with E-state index in [0.29, 0.717) is 5.56 Å². The Kier molecular flexibility index (Phi) is 2.45. The van der Waals surface area contributed by atoms with Crippen LogP contribution in [0.25, 0.3) is 22.3 Å². The molecule has 0 aliphatic carbocycles. The minimum atomic E-state index is -0.538. The average Bonchev–Trinajstić information content (AvgIpc) is 2.74. The van der Waals surface area contributed by atoms with E-state index in [4.69, 9.17) is 11.6 Å². The molecular weight excluding hydrogens is 257 g/mol. The number of aromatic nitrogens is 5. The summed E-state index contributed by atoms with van der Waals surface area (Å²) in [7, 11) is 1.79. The summed E-state index contributed by atoms with van der Waals surface area (Å²) in [6.45, 7) is 0. The summed E-state index contributed by atoms with van der Waals surface area (Å²) in [5, 5.41) is 4.88. The smallest absolute Gasteiger partial charge is 0.223 e. The van der Waals surface area contributed by atoms with E-state index in [2.05, 4.69) is 20.1 Å². The van der Waals surface area contributed by atoms with E-state index >= 15 is 0 Å². The zero-order valence-electron chi connectivity index (χ0n) is 9.30. The minimum Gasteiger partial charge on any atom is -0.250 e. The Morgan fingerprint density at radius 2 is 2.06 bits per heavy atom. The molecule has 0 atom stereocenters. The highest BCUT2D eigenvalue weighted by Crippen LogP contribution is 2.23. The van der Waals surface area contributed by atoms with Crippen LogP contribution in [0.5, 0.6) is 0 Å². The molecule has 5 nitrogen and oxygen atoms in total. The van der Waals surface area contributed by atoms with Crippen LogP contribution in [0.3, 0.4) is 0 Å². The summed E-state index contributed by atoms with van der Waals surface area (Å²) >= 11 is 5.66. The largest absolute Gasteiger partial charge is 0.250 e. The van der Waals surface area contributed by atoms with Gasteiger partial charge in [-0.2, -0.15) is 5.10 Å². The molecule has 0 saturated heterocycles. The summed E-state index contributed by atoms with van der Waals surface area (Å²) in [5.41, 5.74) is 1.39. The molecule has 0 aliphatic heterocycles. The van der Waals surface area contributed by atoms with Crippen LogP contribution in [0, 0.1) is 5.82 Å². The number of pyridine rings is 1. The first-order valence-corrected chi connectivity index (χ1v) is 5.49. The maximum atomic E-state index is 13.6. The van der Waals surface area contributed by atoms with Gasteiger partial charge in [0.05, 0.1) is 12.4 Å². The van der Waals surface area contributed by atoms with Crippen molar-refractivity contribution in [2.75, 3.05) is 0 Å². The van der Waals surface area contributed by atoms with Crippen molar-refractivity contribution in [2.24, 2.45) is 7.05 Å². The SMILES string of the molecule is Cn1ncc2cc(-c3nc(Cl)ncc3F)cnc21. The molecule has 3 rings (SSSR count). The lowest BCUT2D eigenvalue weighted by Gasteiger charge is -2.02. The molecule has 0 N–H and O–H groups in total. The van der Waals surface area contributed by atoms with E-state index in [9.17, 15) is 4.39 Å². The van der Waals surface area contributed by atoms with Crippen LogP contribution in [0.15, 0.2) is 24.7 Å². The molecule has 0 fully saturated rings. The molecule has 0 saturated carbocycles.